The lowest BCUT2D eigenvalue weighted by Crippen LogP contribution is -2.50. The molecular weight excluding hydrogens is 404 g/mol. The number of carboxylic acid groups (broad SMARTS) is 1. The van der Waals surface area contributed by atoms with Crippen LogP contribution in [0, 0.1) is 6.92 Å². The van der Waals surface area contributed by atoms with E-state index in [9.17, 15) is 19.5 Å². The van der Waals surface area contributed by atoms with Crippen molar-refractivity contribution in [3.8, 4) is 0 Å². The van der Waals surface area contributed by atoms with E-state index in [1.54, 1.807) is 72.8 Å². The molecule has 1 atom stereocenters. The summed E-state index contributed by atoms with van der Waals surface area (Å²) < 4.78 is 0. The van der Waals surface area contributed by atoms with Gasteiger partial charge >= 0.3 is 0 Å². The first kappa shape index (κ1) is 22.5. The number of benzene rings is 3. The van der Waals surface area contributed by atoms with E-state index in [1.807, 2.05) is 19.1 Å². The average Bonchev–Trinajstić information content (AvgIpc) is 2.80. The first-order chi connectivity index (χ1) is 15.4. The zero-order valence-electron chi connectivity index (χ0n) is 17.6. The Balaban J connectivity index is 1.83. The zero-order chi connectivity index (χ0) is 22.9. The van der Waals surface area contributed by atoms with Crippen LogP contribution in [-0.4, -0.2) is 23.8 Å². The fourth-order valence-electron chi connectivity index (χ4n) is 3.05. The summed E-state index contributed by atoms with van der Waals surface area (Å²) in [6.45, 7) is 1.91. The summed E-state index contributed by atoms with van der Waals surface area (Å²) in [5, 5.41) is 16.7. The molecule has 0 heterocycles. The molecule has 6 nitrogen and oxygen atoms in total. The van der Waals surface area contributed by atoms with Crippen molar-refractivity contribution in [2.24, 2.45) is 0 Å². The van der Waals surface area contributed by atoms with E-state index in [-0.39, 0.29) is 12.1 Å². The first-order valence-corrected chi connectivity index (χ1v) is 10.1. The number of nitrogens with one attached hydrogen (secondary N) is 2. The zero-order valence-corrected chi connectivity index (χ0v) is 17.6. The molecule has 0 unspecified atom stereocenters. The number of amides is 2. The quantitative estimate of drug-likeness (QED) is 0.539. The standard InChI is InChI=1S/C26H24N2O4/c1-18-12-14-21(15-13-18)24(29)27-22(16-19-8-4-2-5-9-19)25(30)28-23(26(31)32)17-20-10-6-3-7-11-20/h2-16,23H,17H2,1H3,(H,27,29)(H,28,30)(H,31,32)/p-1/b22-16+/t23-/m0/s1. The second-order valence-corrected chi connectivity index (χ2v) is 7.32. The number of hydrogen-bond acceptors (Lipinski definition) is 4. The number of carboxylic acids is 1. The molecule has 3 aromatic carbocycles. The molecule has 32 heavy (non-hydrogen) atoms. The third kappa shape index (κ3) is 6.40. The Morgan fingerprint density at radius 1 is 0.875 bits per heavy atom. The minimum absolute atomic E-state index is 0.0550. The van der Waals surface area contributed by atoms with Gasteiger partial charge < -0.3 is 20.5 Å². The van der Waals surface area contributed by atoms with Crippen LogP contribution in [0.3, 0.4) is 0 Å². The SMILES string of the molecule is Cc1ccc(C(=O)N/C(=C/c2ccccc2)C(=O)N[C@@H](Cc2ccccc2)C(=O)[O-])cc1. The van der Waals surface area contributed by atoms with Crippen LogP contribution in [0.5, 0.6) is 0 Å². The molecule has 0 bridgehead atoms. The van der Waals surface area contributed by atoms with Gasteiger partial charge in [-0.05, 0) is 42.7 Å². The third-order valence-corrected chi connectivity index (χ3v) is 4.79. The number of carbonyl (C=O) groups is 3. The number of rotatable bonds is 8. The highest BCUT2D eigenvalue weighted by Crippen LogP contribution is 2.09. The van der Waals surface area contributed by atoms with Crippen molar-refractivity contribution in [1.82, 2.24) is 10.6 Å². The lowest BCUT2D eigenvalue weighted by Gasteiger charge is -2.21. The lowest BCUT2D eigenvalue weighted by molar-refractivity contribution is -0.308. The molecule has 0 aliphatic rings. The van der Waals surface area contributed by atoms with E-state index in [0.717, 1.165) is 11.1 Å². The van der Waals surface area contributed by atoms with Crippen LogP contribution in [0.1, 0.15) is 27.0 Å². The summed E-state index contributed by atoms with van der Waals surface area (Å²) in [6.07, 6.45) is 1.55. The van der Waals surface area contributed by atoms with Gasteiger partial charge in [0.2, 0.25) is 0 Å². The second kappa shape index (κ2) is 10.7. The van der Waals surface area contributed by atoms with Gasteiger partial charge in [-0.3, -0.25) is 9.59 Å². The second-order valence-electron chi connectivity index (χ2n) is 7.32. The van der Waals surface area contributed by atoms with Crippen LogP contribution < -0.4 is 15.7 Å². The fraction of sp³-hybridized carbons (Fsp3) is 0.115. The van der Waals surface area contributed by atoms with Gasteiger partial charge in [0.1, 0.15) is 5.70 Å². The monoisotopic (exact) mass is 427 g/mol. The van der Waals surface area contributed by atoms with Crippen molar-refractivity contribution in [3.05, 3.63) is 113 Å². The molecule has 6 heteroatoms. The van der Waals surface area contributed by atoms with Crippen molar-refractivity contribution in [2.75, 3.05) is 0 Å². The summed E-state index contributed by atoms with van der Waals surface area (Å²) in [5.74, 6) is -2.61. The molecule has 3 rings (SSSR count). The fourth-order valence-corrected chi connectivity index (χ4v) is 3.05. The third-order valence-electron chi connectivity index (χ3n) is 4.79. The van der Waals surface area contributed by atoms with Crippen LogP contribution in [0.15, 0.2) is 90.6 Å². The number of carbonyl (C=O) groups excluding carboxylic acids is 3. The van der Waals surface area contributed by atoms with Crippen molar-refractivity contribution in [3.63, 3.8) is 0 Å². The van der Waals surface area contributed by atoms with E-state index in [1.165, 1.54) is 6.08 Å². The lowest BCUT2D eigenvalue weighted by atomic mass is 10.1. The molecule has 0 aliphatic carbocycles. The summed E-state index contributed by atoms with van der Waals surface area (Å²) >= 11 is 0. The van der Waals surface area contributed by atoms with Crippen molar-refractivity contribution >= 4 is 23.9 Å². The number of aryl methyl sites for hydroxylation is 1. The maximum atomic E-state index is 13.0. The van der Waals surface area contributed by atoms with Gasteiger partial charge in [0.25, 0.3) is 11.8 Å². The van der Waals surface area contributed by atoms with Crippen LogP contribution in [0.25, 0.3) is 6.08 Å². The Morgan fingerprint density at radius 3 is 2.06 bits per heavy atom. The van der Waals surface area contributed by atoms with Gasteiger partial charge in [0.15, 0.2) is 0 Å². The van der Waals surface area contributed by atoms with Crippen molar-refractivity contribution in [1.29, 1.82) is 0 Å². The van der Waals surface area contributed by atoms with Gasteiger partial charge in [0.05, 0.1) is 12.0 Å². The largest absolute Gasteiger partial charge is 0.548 e. The maximum Gasteiger partial charge on any atom is 0.268 e. The van der Waals surface area contributed by atoms with Crippen LogP contribution in [0.4, 0.5) is 0 Å². The van der Waals surface area contributed by atoms with Crippen LogP contribution in [0.2, 0.25) is 0 Å². The normalized spacial score (nSPS) is 12.0. The predicted octanol–water partition coefficient (Wildman–Crippen LogP) is 2.24. The Bertz CT molecular complexity index is 1110. The minimum atomic E-state index is -1.41. The topological polar surface area (TPSA) is 98.3 Å². The first-order valence-electron chi connectivity index (χ1n) is 10.1. The molecule has 0 aromatic heterocycles. The summed E-state index contributed by atoms with van der Waals surface area (Å²) in [5.41, 5.74) is 2.72. The molecule has 162 valence electrons. The van der Waals surface area contributed by atoms with Crippen molar-refractivity contribution in [2.45, 2.75) is 19.4 Å². The van der Waals surface area contributed by atoms with E-state index >= 15 is 0 Å². The summed E-state index contributed by atoms with van der Waals surface area (Å²) in [7, 11) is 0. The molecule has 0 saturated carbocycles. The molecule has 0 saturated heterocycles. The van der Waals surface area contributed by atoms with Gasteiger partial charge in [-0.1, -0.05) is 78.4 Å². The predicted molar refractivity (Wildman–Crippen MR) is 120 cm³/mol. The molecule has 0 spiro atoms. The highest BCUT2D eigenvalue weighted by Gasteiger charge is 2.19. The maximum absolute atomic E-state index is 13.0. The van der Waals surface area contributed by atoms with E-state index in [0.29, 0.717) is 11.1 Å². The van der Waals surface area contributed by atoms with Gasteiger partial charge in [-0.2, -0.15) is 0 Å². The minimum Gasteiger partial charge on any atom is -0.548 e. The van der Waals surface area contributed by atoms with E-state index < -0.39 is 23.8 Å². The molecule has 0 radical (unpaired) electrons. The highest BCUT2D eigenvalue weighted by molar-refractivity contribution is 6.06. The Morgan fingerprint density at radius 2 is 1.47 bits per heavy atom. The van der Waals surface area contributed by atoms with Gasteiger partial charge in [-0.15, -0.1) is 0 Å². The molecule has 2 amide bonds. The van der Waals surface area contributed by atoms with Gasteiger partial charge in [0, 0.05) is 5.56 Å². The van der Waals surface area contributed by atoms with Crippen LogP contribution in [-0.2, 0) is 16.0 Å². The number of aliphatic carboxylic acids is 1. The molecule has 0 fully saturated rings. The average molecular weight is 427 g/mol. The van der Waals surface area contributed by atoms with E-state index in [4.69, 9.17) is 0 Å². The van der Waals surface area contributed by atoms with Crippen molar-refractivity contribution < 1.29 is 19.5 Å². The summed E-state index contributed by atoms with van der Waals surface area (Å²) in [6, 6.07) is 23.5. The molecule has 3 aromatic rings. The Kier molecular flexibility index (Phi) is 7.54. The molecule has 2 N–H and O–H groups in total. The van der Waals surface area contributed by atoms with Crippen LogP contribution >= 0.6 is 0 Å². The number of hydrogen-bond donors (Lipinski definition) is 2. The smallest absolute Gasteiger partial charge is 0.268 e. The molecule has 0 aliphatic heterocycles. The molecular formula is C26H23N2O4-. The van der Waals surface area contributed by atoms with E-state index in [2.05, 4.69) is 10.6 Å². The van der Waals surface area contributed by atoms with Gasteiger partial charge in [-0.25, -0.2) is 0 Å². The highest BCUT2D eigenvalue weighted by atomic mass is 16.4. The Labute approximate surface area is 186 Å². The summed E-state index contributed by atoms with van der Waals surface area (Å²) in [4.78, 5) is 37.4. The Hall–Kier alpha value is -4.19.